The van der Waals surface area contributed by atoms with Gasteiger partial charge in [-0.25, -0.2) is 0 Å². The second kappa shape index (κ2) is 5.64. The van der Waals surface area contributed by atoms with Crippen LogP contribution >= 0.6 is 0 Å². The van der Waals surface area contributed by atoms with E-state index in [9.17, 15) is 31.4 Å². The summed E-state index contributed by atoms with van der Waals surface area (Å²) in [6.07, 6.45) is -9.14. The molecule has 1 nitrogen and oxygen atoms in total. The van der Waals surface area contributed by atoms with Gasteiger partial charge in [0.2, 0.25) is 0 Å². The van der Waals surface area contributed by atoms with E-state index in [-0.39, 0.29) is 16.7 Å². The van der Waals surface area contributed by atoms with Crippen LogP contribution in [0, 0.1) is 0 Å². The van der Waals surface area contributed by atoms with Gasteiger partial charge >= 0.3 is 12.4 Å². The predicted molar refractivity (Wildman–Crippen MR) is 67.8 cm³/mol. The zero-order valence-corrected chi connectivity index (χ0v) is 11.0. The Hall–Kier alpha value is -2.02. The summed E-state index contributed by atoms with van der Waals surface area (Å²) in [4.78, 5) is 0. The second-order valence-electron chi connectivity index (χ2n) is 4.61. The van der Waals surface area contributed by atoms with E-state index >= 15 is 0 Å². The van der Waals surface area contributed by atoms with Gasteiger partial charge in [0, 0.05) is 0 Å². The minimum absolute atomic E-state index is 0.0888. The average Bonchev–Trinajstić information content (AvgIpc) is 2.45. The quantitative estimate of drug-likeness (QED) is 0.782. The molecular weight excluding hydrogens is 310 g/mol. The molecule has 0 saturated carbocycles. The summed E-state index contributed by atoms with van der Waals surface area (Å²) < 4.78 is 75.9. The van der Waals surface area contributed by atoms with Gasteiger partial charge < -0.3 is 5.11 Å². The molecule has 0 aliphatic rings. The number of aliphatic hydroxyl groups is 1. The molecule has 22 heavy (non-hydrogen) atoms. The second-order valence-corrected chi connectivity index (χ2v) is 4.61. The van der Waals surface area contributed by atoms with Crippen molar-refractivity contribution in [3.63, 3.8) is 0 Å². The van der Waals surface area contributed by atoms with Crippen LogP contribution in [0.15, 0.2) is 42.5 Å². The van der Waals surface area contributed by atoms with Crippen LogP contribution in [0.2, 0.25) is 0 Å². The van der Waals surface area contributed by atoms with Gasteiger partial charge in [-0.15, -0.1) is 0 Å². The minimum Gasteiger partial charge on any atom is -0.392 e. The molecule has 0 bridgehead atoms. The summed E-state index contributed by atoms with van der Waals surface area (Å²) in [5.41, 5.74) is -1.75. The molecular formula is C15H10F6O. The van der Waals surface area contributed by atoms with E-state index in [4.69, 9.17) is 0 Å². The first-order chi connectivity index (χ1) is 10.1. The minimum atomic E-state index is -4.59. The summed E-state index contributed by atoms with van der Waals surface area (Å²) in [5, 5.41) is 9.21. The number of benzene rings is 2. The van der Waals surface area contributed by atoms with Crippen molar-refractivity contribution in [3.05, 3.63) is 59.2 Å². The molecule has 0 aliphatic carbocycles. The van der Waals surface area contributed by atoms with Gasteiger partial charge in [0.05, 0.1) is 17.7 Å². The highest BCUT2D eigenvalue weighted by molar-refractivity contribution is 5.68. The lowest BCUT2D eigenvalue weighted by Gasteiger charge is -2.14. The molecule has 1 N–H and O–H groups in total. The van der Waals surface area contributed by atoms with Crippen molar-refractivity contribution in [2.45, 2.75) is 19.0 Å². The van der Waals surface area contributed by atoms with Crippen molar-refractivity contribution in [1.82, 2.24) is 0 Å². The first-order valence-corrected chi connectivity index (χ1v) is 6.11. The van der Waals surface area contributed by atoms with Crippen LogP contribution in [-0.4, -0.2) is 5.11 Å². The molecule has 0 amide bonds. The average molecular weight is 320 g/mol. The van der Waals surface area contributed by atoms with Crippen molar-refractivity contribution >= 4 is 0 Å². The molecule has 0 heterocycles. The summed E-state index contributed by atoms with van der Waals surface area (Å²) in [6, 6.07) is 6.77. The van der Waals surface area contributed by atoms with E-state index < -0.39 is 30.1 Å². The Morgan fingerprint density at radius 1 is 0.773 bits per heavy atom. The first kappa shape index (κ1) is 16.4. The highest BCUT2D eigenvalue weighted by Gasteiger charge is 2.32. The van der Waals surface area contributed by atoms with Crippen molar-refractivity contribution in [2.75, 3.05) is 0 Å². The van der Waals surface area contributed by atoms with Gasteiger partial charge in [0.15, 0.2) is 0 Å². The molecule has 0 unspecified atom stereocenters. The molecule has 2 rings (SSSR count). The third-order valence-electron chi connectivity index (χ3n) is 3.10. The third-order valence-corrected chi connectivity index (χ3v) is 3.10. The molecule has 2 aromatic rings. The summed E-state index contributed by atoms with van der Waals surface area (Å²) in [7, 11) is 0. The Morgan fingerprint density at radius 3 is 1.91 bits per heavy atom. The van der Waals surface area contributed by atoms with E-state index in [1.165, 1.54) is 6.07 Å². The topological polar surface area (TPSA) is 20.2 Å². The normalized spacial score (nSPS) is 12.5. The lowest BCUT2D eigenvalue weighted by molar-refractivity contribution is -0.138. The summed E-state index contributed by atoms with van der Waals surface area (Å²) in [6.45, 7) is -0.713. The van der Waals surface area contributed by atoms with Crippen molar-refractivity contribution in [1.29, 1.82) is 0 Å². The number of aliphatic hydroxyl groups excluding tert-OH is 1. The standard InChI is InChI=1S/C15H10F6O/c16-14(17,18)11-3-1-2-9(6-11)13-5-4-12(15(19,20)21)7-10(13)8-22/h1-7,22H,8H2. The number of hydrogen-bond donors (Lipinski definition) is 1. The van der Waals surface area contributed by atoms with Gasteiger partial charge in [-0.1, -0.05) is 18.2 Å². The molecule has 0 saturated heterocycles. The zero-order chi connectivity index (χ0) is 16.5. The predicted octanol–water partition coefficient (Wildman–Crippen LogP) is 4.88. The lowest BCUT2D eigenvalue weighted by Crippen LogP contribution is -2.07. The number of alkyl halides is 6. The maximum atomic E-state index is 12.7. The van der Waals surface area contributed by atoms with Crippen LogP contribution in [0.4, 0.5) is 26.3 Å². The maximum Gasteiger partial charge on any atom is 0.416 e. The van der Waals surface area contributed by atoms with Gasteiger partial charge in [-0.05, 0) is 41.0 Å². The summed E-state index contributed by atoms with van der Waals surface area (Å²) in [5.74, 6) is 0. The molecule has 0 atom stereocenters. The van der Waals surface area contributed by atoms with Crippen LogP contribution in [0.5, 0.6) is 0 Å². The van der Waals surface area contributed by atoms with E-state index in [1.807, 2.05) is 0 Å². The molecule has 118 valence electrons. The highest BCUT2D eigenvalue weighted by atomic mass is 19.4. The third kappa shape index (κ3) is 3.41. The molecule has 0 radical (unpaired) electrons. The molecule has 0 spiro atoms. The maximum absolute atomic E-state index is 12.7. The van der Waals surface area contributed by atoms with Gasteiger partial charge in [-0.3, -0.25) is 0 Å². The Bertz CT molecular complexity index is 672. The summed E-state index contributed by atoms with van der Waals surface area (Å²) >= 11 is 0. The SMILES string of the molecule is OCc1cc(C(F)(F)F)ccc1-c1cccc(C(F)(F)F)c1. The molecule has 0 aromatic heterocycles. The van der Waals surface area contributed by atoms with Crippen LogP contribution in [0.3, 0.4) is 0 Å². The van der Waals surface area contributed by atoms with Crippen LogP contribution in [0.1, 0.15) is 16.7 Å². The van der Waals surface area contributed by atoms with E-state index in [0.29, 0.717) is 0 Å². The lowest BCUT2D eigenvalue weighted by atomic mass is 9.96. The number of hydrogen-bond acceptors (Lipinski definition) is 1. The Kier molecular flexibility index (Phi) is 4.19. The highest BCUT2D eigenvalue weighted by Crippen LogP contribution is 2.36. The van der Waals surface area contributed by atoms with Crippen LogP contribution in [0.25, 0.3) is 11.1 Å². The van der Waals surface area contributed by atoms with E-state index in [2.05, 4.69) is 0 Å². The van der Waals surface area contributed by atoms with Gasteiger partial charge in [0.1, 0.15) is 0 Å². The van der Waals surface area contributed by atoms with Gasteiger partial charge in [-0.2, -0.15) is 26.3 Å². The Morgan fingerprint density at radius 2 is 1.36 bits per heavy atom. The molecule has 7 heteroatoms. The smallest absolute Gasteiger partial charge is 0.392 e. The monoisotopic (exact) mass is 320 g/mol. The fourth-order valence-electron chi connectivity index (χ4n) is 2.05. The molecule has 0 aliphatic heterocycles. The van der Waals surface area contributed by atoms with Crippen molar-refractivity contribution < 1.29 is 31.4 Å². The molecule has 2 aromatic carbocycles. The van der Waals surface area contributed by atoms with Crippen LogP contribution < -0.4 is 0 Å². The Labute approximate surface area is 121 Å². The fourth-order valence-corrected chi connectivity index (χ4v) is 2.05. The van der Waals surface area contributed by atoms with E-state index in [0.717, 1.165) is 36.4 Å². The van der Waals surface area contributed by atoms with Crippen molar-refractivity contribution in [3.8, 4) is 11.1 Å². The Balaban J connectivity index is 2.54. The number of halogens is 6. The number of rotatable bonds is 2. The van der Waals surface area contributed by atoms with Gasteiger partial charge in [0.25, 0.3) is 0 Å². The van der Waals surface area contributed by atoms with E-state index in [1.54, 1.807) is 0 Å². The van der Waals surface area contributed by atoms with Crippen LogP contribution in [-0.2, 0) is 19.0 Å². The first-order valence-electron chi connectivity index (χ1n) is 6.11. The largest absolute Gasteiger partial charge is 0.416 e. The molecule has 0 fully saturated rings. The zero-order valence-electron chi connectivity index (χ0n) is 11.0. The van der Waals surface area contributed by atoms with Crippen molar-refractivity contribution in [2.24, 2.45) is 0 Å². The fraction of sp³-hybridized carbons (Fsp3) is 0.200.